The number of hydrogen-bond donors (Lipinski definition) is 2. The Balaban J connectivity index is 2.07. The minimum Gasteiger partial charge on any atom is -0.496 e. The van der Waals surface area contributed by atoms with Gasteiger partial charge in [-0.3, -0.25) is 4.79 Å². The summed E-state index contributed by atoms with van der Waals surface area (Å²) in [5, 5.41) is 3.13. The maximum Gasteiger partial charge on any atom is 0.251 e. The first-order valence-corrected chi connectivity index (χ1v) is 7.31. The van der Waals surface area contributed by atoms with Gasteiger partial charge in [-0.1, -0.05) is 18.9 Å². The Kier molecular flexibility index (Phi) is 5.01. The van der Waals surface area contributed by atoms with Crippen molar-refractivity contribution in [2.24, 2.45) is 11.7 Å². The van der Waals surface area contributed by atoms with Gasteiger partial charge in [0.05, 0.1) is 7.11 Å². The van der Waals surface area contributed by atoms with Crippen LogP contribution in [0, 0.1) is 12.8 Å². The van der Waals surface area contributed by atoms with Crippen molar-refractivity contribution < 1.29 is 9.53 Å². The maximum absolute atomic E-state index is 12.3. The summed E-state index contributed by atoms with van der Waals surface area (Å²) in [7, 11) is 1.62. The van der Waals surface area contributed by atoms with Crippen LogP contribution in [0.5, 0.6) is 5.75 Å². The van der Waals surface area contributed by atoms with Gasteiger partial charge in [0.1, 0.15) is 5.75 Å². The summed E-state index contributed by atoms with van der Waals surface area (Å²) in [6.45, 7) is 2.61. The molecule has 2 rings (SSSR count). The fraction of sp³-hybridized carbons (Fsp3) is 0.562. The van der Waals surface area contributed by atoms with Crippen LogP contribution in [-0.2, 0) is 0 Å². The van der Waals surface area contributed by atoms with E-state index in [0.29, 0.717) is 18.0 Å². The highest BCUT2D eigenvalue weighted by Crippen LogP contribution is 2.24. The molecule has 1 aliphatic rings. The first-order chi connectivity index (χ1) is 9.65. The Hall–Kier alpha value is -1.55. The zero-order valence-corrected chi connectivity index (χ0v) is 12.3. The third kappa shape index (κ3) is 3.31. The summed E-state index contributed by atoms with van der Waals surface area (Å²) in [6.07, 6.45) is 4.51. The standard InChI is InChI=1S/C16H24N2O2/c1-11-7-8-12(9-15(11)20-2)16(19)18-14-6-4-3-5-13(14)10-17/h7-9,13-14H,3-6,10,17H2,1-2H3,(H,18,19). The topological polar surface area (TPSA) is 64.3 Å². The molecule has 0 aromatic heterocycles. The first-order valence-electron chi connectivity index (χ1n) is 7.31. The fourth-order valence-corrected chi connectivity index (χ4v) is 2.89. The van der Waals surface area contributed by atoms with E-state index in [9.17, 15) is 4.79 Å². The van der Waals surface area contributed by atoms with Crippen molar-refractivity contribution in [1.29, 1.82) is 0 Å². The minimum absolute atomic E-state index is 0.0337. The third-order valence-electron chi connectivity index (χ3n) is 4.20. The molecule has 0 spiro atoms. The van der Waals surface area contributed by atoms with E-state index < -0.39 is 0 Å². The fourth-order valence-electron chi connectivity index (χ4n) is 2.89. The lowest BCUT2D eigenvalue weighted by molar-refractivity contribution is 0.0907. The van der Waals surface area contributed by atoms with Crippen LogP contribution in [0.15, 0.2) is 18.2 Å². The predicted octanol–water partition coefficient (Wildman–Crippen LogP) is 2.25. The summed E-state index contributed by atoms with van der Waals surface area (Å²) in [6, 6.07) is 5.75. The molecule has 4 nitrogen and oxygen atoms in total. The van der Waals surface area contributed by atoms with E-state index in [0.717, 1.165) is 24.2 Å². The highest BCUT2D eigenvalue weighted by Gasteiger charge is 2.25. The van der Waals surface area contributed by atoms with E-state index in [1.54, 1.807) is 13.2 Å². The van der Waals surface area contributed by atoms with E-state index in [2.05, 4.69) is 5.32 Å². The van der Waals surface area contributed by atoms with Crippen LogP contribution in [0.25, 0.3) is 0 Å². The normalized spacial score (nSPS) is 22.4. The van der Waals surface area contributed by atoms with Gasteiger partial charge in [-0.15, -0.1) is 0 Å². The molecule has 1 saturated carbocycles. The van der Waals surface area contributed by atoms with Crippen LogP contribution in [0.3, 0.4) is 0 Å². The van der Waals surface area contributed by atoms with E-state index in [1.165, 1.54) is 12.8 Å². The van der Waals surface area contributed by atoms with Crippen molar-refractivity contribution in [3.05, 3.63) is 29.3 Å². The van der Waals surface area contributed by atoms with Gasteiger partial charge in [0.15, 0.2) is 0 Å². The van der Waals surface area contributed by atoms with Crippen molar-refractivity contribution in [1.82, 2.24) is 5.32 Å². The van der Waals surface area contributed by atoms with Gasteiger partial charge in [-0.2, -0.15) is 0 Å². The number of methoxy groups -OCH3 is 1. The van der Waals surface area contributed by atoms with Crippen LogP contribution in [0.1, 0.15) is 41.6 Å². The molecule has 0 radical (unpaired) electrons. The molecule has 2 unspecified atom stereocenters. The molecule has 0 aliphatic heterocycles. The third-order valence-corrected chi connectivity index (χ3v) is 4.20. The lowest BCUT2D eigenvalue weighted by Crippen LogP contribution is -2.44. The summed E-state index contributed by atoms with van der Waals surface area (Å²) in [5.41, 5.74) is 7.48. The molecule has 1 fully saturated rings. The van der Waals surface area contributed by atoms with Crippen LogP contribution in [0.2, 0.25) is 0 Å². The lowest BCUT2D eigenvalue weighted by atomic mass is 9.84. The highest BCUT2D eigenvalue weighted by molar-refractivity contribution is 5.94. The Morgan fingerprint density at radius 3 is 2.85 bits per heavy atom. The summed E-state index contributed by atoms with van der Waals surface area (Å²) < 4.78 is 5.27. The van der Waals surface area contributed by atoms with Crippen molar-refractivity contribution in [3.63, 3.8) is 0 Å². The average molecular weight is 276 g/mol. The van der Waals surface area contributed by atoms with Gasteiger partial charge in [0, 0.05) is 11.6 Å². The van der Waals surface area contributed by atoms with Gasteiger partial charge >= 0.3 is 0 Å². The molecule has 0 saturated heterocycles. The molecular formula is C16H24N2O2. The summed E-state index contributed by atoms with van der Waals surface area (Å²) in [5.74, 6) is 1.12. The number of ether oxygens (including phenoxy) is 1. The number of amides is 1. The number of benzene rings is 1. The molecule has 3 N–H and O–H groups in total. The minimum atomic E-state index is -0.0337. The zero-order valence-electron chi connectivity index (χ0n) is 12.3. The smallest absolute Gasteiger partial charge is 0.251 e. The number of hydrogen-bond acceptors (Lipinski definition) is 3. The van der Waals surface area contributed by atoms with Gasteiger partial charge in [0.25, 0.3) is 5.91 Å². The van der Waals surface area contributed by atoms with E-state index in [4.69, 9.17) is 10.5 Å². The molecule has 20 heavy (non-hydrogen) atoms. The molecule has 0 bridgehead atoms. The molecule has 1 amide bonds. The van der Waals surface area contributed by atoms with Crippen molar-refractivity contribution in [3.8, 4) is 5.75 Å². The molecular weight excluding hydrogens is 252 g/mol. The van der Waals surface area contributed by atoms with Crippen LogP contribution >= 0.6 is 0 Å². The zero-order chi connectivity index (χ0) is 14.5. The van der Waals surface area contributed by atoms with Crippen molar-refractivity contribution in [2.45, 2.75) is 38.6 Å². The Morgan fingerprint density at radius 2 is 2.15 bits per heavy atom. The number of rotatable bonds is 4. The maximum atomic E-state index is 12.3. The molecule has 110 valence electrons. The Morgan fingerprint density at radius 1 is 1.40 bits per heavy atom. The molecule has 1 aromatic rings. The van der Waals surface area contributed by atoms with Gasteiger partial charge in [0.2, 0.25) is 0 Å². The number of carbonyl (C=O) groups is 1. The molecule has 2 atom stereocenters. The first kappa shape index (κ1) is 14.9. The number of nitrogens with two attached hydrogens (primary N) is 1. The molecule has 1 aromatic carbocycles. The quantitative estimate of drug-likeness (QED) is 0.886. The highest BCUT2D eigenvalue weighted by atomic mass is 16.5. The van der Waals surface area contributed by atoms with Gasteiger partial charge < -0.3 is 15.8 Å². The van der Waals surface area contributed by atoms with Gasteiger partial charge in [-0.05, 0) is 49.9 Å². The number of carbonyl (C=O) groups excluding carboxylic acids is 1. The average Bonchev–Trinajstić information content (AvgIpc) is 2.48. The van der Waals surface area contributed by atoms with E-state index in [-0.39, 0.29) is 11.9 Å². The van der Waals surface area contributed by atoms with Crippen LogP contribution < -0.4 is 15.8 Å². The summed E-state index contributed by atoms with van der Waals surface area (Å²) >= 11 is 0. The predicted molar refractivity (Wildman–Crippen MR) is 80.0 cm³/mol. The van der Waals surface area contributed by atoms with E-state index in [1.807, 2.05) is 19.1 Å². The van der Waals surface area contributed by atoms with Crippen LogP contribution in [-0.4, -0.2) is 25.6 Å². The van der Waals surface area contributed by atoms with Crippen LogP contribution in [0.4, 0.5) is 0 Å². The Bertz CT molecular complexity index is 474. The second-order valence-electron chi connectivity index (χ2n) is 5.54. The molecule has 4 heteroatoms. The lowest BCUT2D eigenvalue weighted by Gasteiger charge is -2.31. The van der Waals surface area contributed by atoms with Crippen molar-refractivity contribution >= 4 is 5.91 Å². The Labute approximate surface area is 120 Å². The second kappa shape index (κ2) is 6.75. The SMILES string of the molecule is COc1cc(C(=O)NC2CCCCC2CN)ccc1C. The van der Waals surface area contributed by atoms with E-state index >= 15 is 0 Å². The summed E-state index contributed by atoms with van der Waals surface area (Å²) in [4.78, 5) is 12.3. The number of aryl methyl sites for hydroxylation is 1. The molecule has 1 aliphatic carbocycles. The second-order valence-corrected chi connectivity index (χ2v) is 5.54. The largest absolute Gasteiger partial charge is 0.496 e. The van der Waals surface area contributed by atoms with Gasteiger partial charge in [-0.25, -0.2) is 0 Å². The molecule has 0 heterocycles. The van der Waals surface area contributed by atoms with Crippen molar-refractivity contribution in [2.75, 3.05) is 13.7 Å². The number of nitrogens with one attached hydrogen (secondary N) is 1. The monoisotopic (exact) mass is 276 g/mol.